The number of aryl methyl sites for hydroxylation is 2. The lowest BCUT2D eigenvalue weighted by molar-refractivity contribution is 0.102. The summed E-state index contributed by atoms with van der Waals surface area (Å²) in [7, 11) is 3.52. The topological polar surface area (TPSA) is 75.4 Å². The number of rotatable bonds is 4. The van der Waals surface area contributed by atoms with Gasteiger partial charge < -0.3 is 15.1 Å². The number of aromatic nitrogens is 3. The second kappa shape index (κ2) is 8.46. The molecule has 0 saturated carbocycles. The summed E-state index contributed by atoms with van der Waals surface area (Å²) in [4.78, 5) is 34.2. The number of imidazole rings is 1. The lowest BCUT2D eigenvalue weighted by atomic mass is 10.1. The minimum atomic E-state index is -0.229. The van der Waals surface area contributed by atoms with Crippen molar-refractivity contribution < 1.29 is 4.79 Å². The maximum atomic E-state index is 12.9. The van der Waals surface area contributed by atoms with Crippen molar-refractivity contribution in [3.8, 4) is 0 Å². The number of nitrogens with zero attached hydrogens (tertiary/aromatic N) is 5. The number of nitrogens with one attached hydrogen (secondary N) is 1. The normalized spacial score (nSPS) is 14.0. The molecule has 1 fully saturated rings. The molecule has 1 aliphatic rings. The number of fused-ring (bicyclic) bond motifs is 1. The van der Waals surface area contributed by atoms with Crippen molar-refractivity contribution >= 4 is 34.0 Å². The Hall–Kier alpha value is -4.07. The Bertz CT molecular complexity index is 1350. The SMILES string of the molecule is Cn1c(=O)n(C)c2cc(N3CCN(c4ccccc4)CC3)c(NC(=O)c3cccnc3)cc21. The Labute approximate surface area is 191 Å². The van der Waals surface area contributed by atoms with Gasteiger partial charge in [-0.05, 0) is 36.4 Å². The Kier molecular flexibility index (Phi) is 5.34. The third-order valence-corrected chi connectivity index (χ3v) is 6.30. The van der Waals surface area contributed by atoms with Crippen LogP contribution < -0.4 is 20.8 Å². The number of carbonyl (C=O) groups is 1. The van der Waals surface area contributed by atoms with Crippen LogP contribution in [0.4, 0.5) is 17.1 Å². The van der Waals surface area contributed by atoms with Gasteiger partial charge in [0.15, 0.2) is 0 Å². The summed E-state index contributed by atoms with van der Waals surface area (Å²) < 4.78 is 3.25. The molecule has 1 saturated heterocycles. The largest absolute Gasteiger partial charge is 0.368 e. The van der Waals surface area contributed by atoms with Crippen LogP contribution in [0.1, 0.15) is 10.4 Å². The van der Waals surface area contributed by atoms with E-state index in [0.29, 0.717) is 11.3 Å². The minimum Gasteiger partial charge on any atom is -0.368 e. The fourth-order valence-corrected chi connectivity index (χ4v) is 4.43. The molecule has 0 unspecified atom stereocenters. The Morgan fingerprint density at radius 1 is 0.879 bits per heavy atom. The molecule has 2 aromatic carbocycles. The molecule has 3 heterocycles. The van der Waals surface area contributed by atoms with Gasteiger partial charge in [0.1, 0.15) is 0 Å². The first kappa shape index (κ1) is 20.8. The van der Waals surface area contributed by atoms with Crippen LogP contribution in [-0.2, 0) is 14.1 Å². The van der Waals surface area contributed by atoms with Gasteiger partial charge in [0, 0.05) is 58.4 Å². The number of hydrogen-bond donors (Lipinski definition) is 1. The molecule has 8 heteroatoms. The van der Waals surface area contributed by atoms with E-state index in [4.69, 9.17) is 0 Å². The van der Waals surface area contributed by atoms with E-state index in [1.807, 2.05) is 18.2 Å². The van der Waals surface area contributed by atoms with Crippen LogP contribution in [0.15, 0.2) is 71.8 Å². The fourth-order valence-electron chi connectivity index (χ4n) is 4.43. The van der Waals surface area contributed by atoms with E-state index in [1.54, 1.807) is 47.8 Å². The van der Waals surface area contributed by atoms with E-state index in [9.17, 15) is 9.59 Å². The second-order valence-corrected chi connectivity index (χ2v) is 8.26. The molecule has 0 spiro atoms. The summed E-state index contributed by atoms with van der Waals surface area (Å²) in [5.74, 6) is -0.229. The van der Waals surface area contributed by atoms with Gasteiger partial charge in [0.2, 0.25) is 0 Å². The average Bonchev–Trinajstić information content (AvgIpc) is 3.08. The van der Waals surface area contributed by atoms with E-state index in [1.165, 1.54) is 5.69 Å². The molecule has 4 aromatic rings. The van der Waals surface area contributed by atoms with Crippen LogP contribution in [0.3, 0.4) is 0 Å². The maximum absolute atomic E-state index is 12.9. The third kappa shape index (κ3) is 3.84. The lowest BCUT2D eigenvalue weighted by Gasteiger charge is -2.38. The monoisotopic (exact) mass is 442 g/mol. The molecule has 1 N–H and O–H groups in total. The highest BCUT2D eigenvalue weighted by Crippen LogP contribution is 2.32. The number of benzene rings is 2. The molecule has 0 radical (unpaired) electrons. The molecular formula is C25H26N6O2. The minimum absolute atomic E-state index is 0.0967. The zero-order valence-corrected chi connectivity index (χ0v) is 18.7. The van der Waals surface area contributed by atoms with E-state index < -0.39 is 0 Å². The van der Waals surface area contributed by atoms with Crippen LogP contribution in [0.5, 0.6) is 0 Å². The molecule has 1 amide bonds. The van der Waals surface area contributed by atoms with Gasteiger partial charge in [-0.1, -0.05) is 18.2 Å². The first-order valence-corrected chi connectivity index (χ1v) is 11.0. The van der Waals surface area contributed by atoms with Crippen LogP contribution in [0.2, 0.25) is 0 Å². The molecular weight excluding hydrogens is 416 g/mol. The summed E-state index contributed by atoms with van der Waals surface area (Å²) >= 11 is 0. The van der Waals surface area contributed by atoms with Crippen LogP contribution in [0.25, 0.3) is 11.0 Å². The molecule has 168 valence electrons. The highest BCUT2D eigenvalue weighted by molar-refractivity contribution is 6.07. The number of amides is 1. The van der Waals surface area contributed by atoms with Gasteiger partial charge in [-0.2, -0.15) is 0 Å². The standard InChI is InChI=1S/C25H26N6O2/c1-28-22-15-20(27-24(32)18-7-6-10-26-17-18)21(16-23(22)29(2)25(28)33)31-13-11-30(12-14-31)19-8-4-3-5-9-19/h3-10,15-17H,11-14H2,1-2H3,(H,27,32). The maximum Gasteiger partial charge on any atom is 0.328 e. The predicted octanol–water partition coefficient (Wildman–Crippen LogP) is 2.85. The Morgan fingerprint density at radius 3 is 2.21 bits per heavy atom. The van der Waals surface area contributed by atoms with Crippen LogP contribution in [-0.4, -0.2) is 46.2 Å². The van der Waals surface area contributed by atoms with Gasteiger partial charge in [-0.25, -0.2) is 4.79 Å². The van der Waals surface area contributed by atoms with Gasteiger partial charge in [0.25, 0.3) is 5.91 Å². The zero-order chi connectivity index (χ0) is 22.9. The van der Waals surface area contributed by atoms with E-state index in [-0.39, 0.29) is 11.6 Å². The van der Waals surface area contributed by atoms with Gasteiger partial charge in [-0.15, -0.1) is 0 Å². The quantitative estimate of drug-likeness (QED) is 0.526. The first-order chi connectivity index (χ1) is 16.0. The molecule has 0 bridgehead atoms. The van der Waals surface area contributed by atoms with Gasteiger partial charge in [0.05, 0.1) is 28.0 Å². The van der Waals surface area contributed by atoms with Crippen LogP contribution in [0, 0.1) is 0 Å². The highest BCUT2D eigenvalue weighted by Gasteiger charge is 2.23. The number of hydrogen-bond acceptors (Lipinski definition) is 5. The van der Waals surface area contributed by atoms with Gasteiger partial charge in [-0.3, -0.25) is 18.9 Å². The van der Waals surface area contributed by atoms with Crippen molar-refractivity contribution in [2.75, 3.05) is 41.3 Å². The number of para-hydroxylation sites is 1. The van der Waals surface area contributed by atoms with Crippen molar-refractivity contribution in [3.05, 3.63) is 83.0 Å². The van der Waals surface area contributed by atoms with E-state index >= 15 is 0 Å². The van der Waals surface area contributed by atoms with Gasteiger partial charge >= 0.3 is 5.69 Å². The third-order valence-electron chi connectivity index (χ3n) is 6.30. The molecule has 0 aliphatic carbocycles. The zero-order valence-electron chi connectivity index (χ0n) is 18.7. The second-order valence-electron chi connectivity index (χ2n) is 8.26. The van der Waals surface area contributed by atoms with E-state index in [2.05, 4.69) is 44.4 Å². The average molecular weight is 443 g/mol. The smallest absolute Gasteiger partial charge is 0.328 e. The van der Waals surface area contributed by atoms with Crippen molar-refractivity contribution in [2.45, 2.75) is 0 Å². The first-order valence-electron chi connectivity index (χ1n) is 11.0. The molecule has 1 aliphatic heterocycles. The molecule has 5 rings (SSSR count). The molecule has 8 nitrogen and oxygen atoms in total. The fraction of sp³-hybridized carbons (Fsp3) is 0.240. The Balaban J connectivity index is 1.50. The van der Waals surface area contributed by atoms with Crippen molar-refractivity contribution in [3.63, 3.8) is 0 Å². The summed E-state index contributed by atoms with van der Waals surface area (Å²) in [5, 5.41) is 3.06. The molecule has 33 heavy (non-hydrogen) atoms. The van der Waals surface area contributed by atoms with Crippen molar-refractivity contribution in [1.82, 2.24) is 14.1 Å². The summed E-state index contributed by atoms with van der Waals surface area (Å²) in [6, 6.07) is 17.8. The highest BCUT2D eigenvalue weighted by atomic mass is 16.2. The van der Waals surface area contributed by atoms with E-state index in [0.717, 1.165) is 42.9 Å². The number of piperazine rings is 1. The number of pyridine rings is 1. The molecule has 2 aromatic heterocycles. The summed E-state index contributed by atoms with van der Waals surface area (Å²) in [5.41, 5.74) is 4.81. The predicted molar refractivity (Wildman–Crippen MR) is 131 cm³/mol. The Morgan fingerprint density at radius 2 is 1.55 bits per heavy atom. The number of carbonyl (C=O) groups excluding carboxylic acids is 1. The summed E-state index contributed by atoms with van der Waals surface area (Å²) in [6.45, 7) is 3.34. The van der Waals surface area contributed by atoms with Crippen LogP contribution >= 0.6 is 0 Å². The lowest BCUT2D eigenvalue weighted by Crippen LogP contribution is -2.46. The number of anilines is 3. The van der Waals surface area contributed by atoms with Crippen molar-refractivity contribution in [1.29, 1.82) is 0 Å². The summed E-state index contributed by atoms with van der Waals surface area (Å²) in [6.07, 6.45) is 3.19. The molecule has 0 atom stereocenters. The van der Waals surface area contributed by atoms with Crippen molar-refractivity contribution in [2.24, 2.45) is 14.1 Å².